The molecule has 0 radical (unpaired) electrons. The van der Waals surface area contributed by atoms with E-state index in [-0.39, 0.29) is 6.61 Å². The molecule has 0 spiro atoms. The Morgan fingerprint density at radius 1 is 0.963 bits per heavy atom. The highest BCUT2D eigenvalue weighted by molar-refractivity contribution is 9.10. The van der Waals surface area contributed by atoms with Crippen molar-refractivity contribution in [3.8, 4) is 11.5 Å². The summed E-state index contributed by atoms with van der Waals surface area (Å²) in [6, 6.07) is 12.2. The fraction of sp³-hybridized carbons (Fsp3) is 0.429. The first-order chi connectivity index (χ1) is 13.2. The third-order valence-electron chi connectivity index (χ3n) is 4.14. The summed E-state index contributed by atoms with van der Waals surface area (Å²) in [5.41, 5.74) is 3.49. The predicted molar refractivity (Wildman–Crippen MR) is 112 cm³/mol. The van der Waals surface area contributed by atoms with E-state index in [2.05, 4.69) is 45.6 Å². The van der Waals surface area contributed by atoms with Crippen LogP contribution in [0.15, 0.2) is 40.9 Å². The number of aliphatic hydroxyl groups is 1. The van der Waals surface area contributed by atoms with Crippen molar-refractivity contribution in [2.24, 2.45) is 0 Å². The number of hydrogen-bond acceptors (Lipinski definition) is 5. The first-order valence-corrected chi connectivity index (χ1v) is 10.1. The Bertz CT molecular complexity index is 710. The summed E-state index contributed by atoms with van der Waals surface area (Å²) in [5.74, 6) is 1.49. The van der Waals surface area contributed by atoms with Gasteiger partial charge in [-0.2, -0.15) is 0 Å². The number of aliphatic hydroxyl groups excluding tert-OH is 1. The van der Waals surface area contributed by atoms with Crippen molar-refractivity contribution in [2.75, 3.05) is 32.8 Å². The van der Waals surface area contributed by atoms with E-state index in [4.69, 9.17) is 14.6 Å². The number of ether oxygens (including phenoxy) is 2. The average molecular weight is 437 g/mol. The van der Waals surface area contributed by atoms with E-state index < -0.39 is 0 Å². The van der Waals surface area contributed by atoms with Gasteiger partial charge >= 0.3 is 0 Å². The molecule has 27 heavy (non-hydrogen) atoms. The molecule has 0 fully saturated rings. The Morgan fingerprint density at radius 2 is 1.70 bits per heavy atom. The largest absolute Gasteiger partial charge is 0.490 e. The maximum atomic E-state index is 8.76. The van der Waals surface area contributed by atoms with E-state index in [0.29, 0.717) is 19.8 Å². The van der Waals surface area contributed by atoms with Gasteiger partial charge in [0.2, 0.25) is 0 Å². The molecule has 2 aromatic carbocycles. The number of halogens is 1. The molecule has 148 valence electrons. The second kappa shape index (κ2) is 12.0. The molecule has 0 aliphatic carbocycles. The molecule has 2 rings (SSSR count). The summed E-state index contributed by atoms with van der Waals surface area (Å²) in [4.78, 5) is 0. The quantitative estimate of drug-likeness (QED) is 0.445. The average Bonchev–Trinajstić information content (AvgIpc) is 2.66. The minimum absolute atomic E-state index is 0.160. The van der Waals surface area contributed by atoms with E-state index >= 15 is 0 Å². The minimum Gasteiger partial charge on any atom is -0.490 e. The molecular formula is C21H29BrN2O3. The Kier molecular flexibility index (Phi) is 9.62. The lowest BCUT2D eigenvalue weighted by atomic mass is 10.1. The molecule has 5 nitrogen and oxygen atoms in total. The SMILES string of the molecule is CCOc1cc(CNCCNCCO)c(Br)cc1OCc1ccccc1C. The maximum absolute atomic E-state index is 8.76. The van der Waals surface area contributed by atoms with Crippen molar-refractivity contribution in [1.29, 1.82) is 0 Å². The Morgan fingerprint density at radius 3 is 2.44 bits per heavy atom. The smallest absolute Gasteiger partial charge is 0.162 e. The highest BCUT2D eigenvalue weighted by Crippen LogP contribution is 2.34. The van der Waals surface area contributed by atoms with Crippen LogP contribution in [0.25, 0.3) is 0 Å². The van der Waals surface area contributed by atoms with Gasteiger partial charge in [0, 0.05) is 30.7 Å². The molecule has 0 bridgehead atoms. The molecule has 0 saturated heterocycles. The van der Waals surface area contributed by atoms with E-state index in [1.807, 2.05) is 31.2 Å². The molecule has 0 aliphatic rings. The van der Waals surface area contributed by atoms with E-state index in [1.165, 1.54) is 5.56 Å². The molecule has 6 heteroatoms. The predicted octanol–water partition coefficient (Wildman–Crippen LogP) is 3.41. The van der Waals surface area contributed by atoms with Crippen LogP contribution >= 0.6 is 15.9 Å². The fourth-order valence-electron chi connectivity index (χ4n) is 2.63. The van der Waals surface area contributed by atoms with Crippen LogP contribution in [-0.2, 0) is 13.2 Å². The summed E-state index contributed by atoms with van der Waals surface area (Å²) < 4.78 is 12.8. The van der Waals surface area contributed by atoms with Crippen molar-refractivity contribution in [3.63, 3.8) is 0 Å². The second-order valence-corrected chi connectivity index (χ2v) is 7.04. The molecule has 0 atom stereocenters. The summed E-state index contributed by atoms with van der Waals surface area (Å²) in [5, 5.41) is 15.3. The van der Waals surface area contributed by atoms with Crippen molar-refractivity contribution in [1.82, 2.24) is 10.6 Å². The van der Waals surface area contributed by atoms with Gasteiger partial charge in [0.1, 0.15) is 6.61 Å². The van der Waals surface area contributed by atoms with Gasteiger partial charge in [0.25, 0.3) is 0 Å². The Balaban J connectivity index is 2.00. The first kappa shape index (κ1) is 21.7. The van der Waals surface area contributed by atoms with Gasteiger partial charge in [-0.3, -0.25) is 0 Å². The topological polar surface area (TPSA) is 62.8 Å². The van der Waals surface area contributed by atoms with Crippen molar-refractivity contribution in [2.45, 2.75) is 27.0 Å². The highest BCUT2D eigenvalue weighted by Gasteiger charge is 2.11. The van der Waals surface area contributed by atoms with E-state index in [0.717, 1.165) is 46.7 Å². The summed E-state index contributed by atoms with van der Waals surface area (Å²) in [6.07, 6.45) is 0. The van der Waals surface area contributed by atoms with Gasteiger partial charge in [-0.25, -0.2) is 0 Å². The van der Waals surface area contributed by atoms with Gasteiger partial charge in [0.05, 0.1) is 13.2 Å². The van der Waals surface area contributed by atoms with E-state index in [1.54, 1.807) is 0 Å². The number of benzene rings is 2. The molecule has 0 heterocycles. The van der Waals surface area contributed by atoms with Crippen LogP contribution in [0.5, 0.6) is 11.5 Å². The fourth-order valence-corrected chi connectivity index (χ4v) is 3.09. The monoisotopic (exact) mass is 436 g/mol. The number of rotatable bonds is 12. The van der Waals surface area contributed by atoms with Crippen molar-refractivity contribution in [3.05, 3.63) is 57.6 Å². The van der Waals surface area contributed by atoms with Gasteiger partial charge in [0.15, 0.2) is 11.5 Å². The lowest BCUT2D eigenvalue weighted by Crippen LogP contribution is -2.28. The second-order valence-electron chi connectivity index (χ2n) is 6.19. The van der Waals surface area contributed by atoms with Crippen LogP contribution in [-0.4, -0.2) is 38.0 Å². The summed E-state index contributed by atoms with van der Waals surface area (Å²) >= 11 is 3.64. The maximum Gasteiger partial charge on any atom is 0.162 e. The van der Waals surface area contributed by atoms with Gasteiger partial charge < -0.3 is 25.2 Å². The molecule has 2 aromatic rings. The molecule has 0 unspecified atom stereocenters. The van der Waals surface area contributed by atoms with Gasteiger partial charge in [-0.05, 0) is 42.7 Å². The number of hydrogen-bond donors (Lipinski definition) is 3. The first-order valence-electron chi connectivity index (χ1n) is 9.30. The normalized spacial score (nSPS) is 10.8. The van der Waals surface area contributed by atoms with Crippen molar-refractivity contribution >= 4 is 15.9 Å². The zero-order chi connectivity index (χ0) is 19.5. The van der Waals surface area contributed by atoms with Crippen LogP contribution < -0.4 is 20.1 Å². The van der Waals surface area contributed by atoms with E-state index in [9.17, 15) is 0 Å². The van der Waals surface area contributed by atoms with Gasteiger partial charge in [-0.1, -0.05) is 40.2 Å². The third kappa shape index (κ3) is 7.14. The molecule has 3 N–H and O–H groups in total. The van der Waals surface area contributed by atoms with Crippen LogP contribution in [0.4, 0.5) is 0 Å². The van der Waals surface area contributed by atoms with Crippen LogP contribution in [0, 0.1) is 6.92 Å². The summed E-state index contributed by atoms with van der Waals surface area (Å²) in [6.45, 7) is 8.28. The molecule has 0 amide bonds. The highest BCUT2D eigenvalue weighted by atomic mass is 79.9. The third-order valence-corrected chi connectivity index (χ3v) is 4.88. The van der Waals surface area contributed by atoms with Crippen LogP contribution in [0.1, 0.15) is 23.6 Å². The lowest BCUT2D eigenvalue weighted by Gasteiger charge is -2.16. The Labute approximate surface area is 170 Å². The zero-order valence-electron chi connectivity index (χ0n) is 16.1. The minimum atomic E-state index is 0.160. The van der Waals surface area contributed by atoms with Crippen LogP contribution in [0.2, 0.25) is 0 Å². The standard InChI is InChI=1S/C21H29BrN2O3/c1-3-26-20-12-18(14-24-9-8-23-10-11-25)19(22)13-21(20)27-15-17-7-5-4-6-16(17)2/h4-7,12-13,23-25H,3,8-11,14-15H2,1-2H3. The van der Waals surface area contributed by atoms with Crippen LogP contribution in [0.3, 0.4) is 0 Å². The Hall–Kier alpha value is -1.60. The molecular weight excluding hydrogens is 408 g/mol. The molecule has 0 saturated carbocycles. The number of nitrogens with one attached hydrogen (secondary N) is 2. The summed E-state index contributed by atoms with van der Waals surface area (Å²) in [7, 11) is 0. The molecule has 0 aliphatic heterocycles. The lowest BCUT2D eigenvalue weighted by molar-refractivity contribution is 0.268. The zero-order valence-corrected chi connectivity index (χ0v) is 17.6. The van der Waals surface area contributed by atoms with Crippen molar-refractivity contribution < 1.29 is 14.6 Å². The van der Waals surface area contributed by atoms with Gasteiger partial charge in [-0.15, -0.1) is 0 Å². The number of aryl methyl sites for hydroxylation is 1. The molecule has 0 aromatic heterocycles.